The SMILES string of the molecule is CN(Cc1ccccc1F)c1nccnc1N. The Morgan fingerprint density at radius 2 is 1.94 bits per heavy atom. The highest BCUT2D eigenvalue weighted by atomic mass is 19.1. The van der Waals surface area contributed by atoms with Crippen LogP contribution in [0.25, 0.3) is 0 Å². The number of benzene rings is 1. The molecule has 0 saturated carbocycles. The molecule has 0 atom stereocenters. The maximum absolute atomic E-state index is 13.5. The van der Waals surface area contributed by atoms with Crippen LogP contribution < -0.4 is 10.6 Å². The van der Waals surface area contributed by atoms with Crippen LogP contribution in [0.1, 0.15) is 5.56 Å². The summed E-state index contributed by atoms with van der Waals surface area (Å²) < 4.78 is 13.5. The molecule has 0 aliphatic rings. The summed E-state index contributed by atoms with van der Waals surface area (Å²) in [6.45, 7) is 0.398. The first kappa shape index (κ1) is 11.3. The van der Waals surface area contributed by atoms with Gasteiger partial charge in [0.1, 0.15) is 5.82 Å². The third-order valence-electron chi connectivity index (χ3n) is 2.43. The molecule has 1 heterocycles. The molecule has 2 N–H and O–H groups in total. The molecule has 2 aromatic rings. The fourth-order valence-corrected chi connectivity index (χ4v) is 1.59. The van der Waals surface area contributed by atoms with E-state index >= 15 is 0 Å². The number of rotatable bonds is 3. The minimum absolute atomic E-state index is 0.234. The Morgan fingerprint density at radius 1 is 1.24 bits per heavy atom. The molecule has 88 valence electrons. The van der Waals surface area contributed by atoms with Crippen molar-refractivity contribution in [2.45, 2.75) is 6.54 Å². The minimum atomic E-state index is -0.234. The van der Waals surface area contributed by atoms with E-state index in [-0.39, 0.29) is 5.82 Å². The average Bonchev–Trinajstić information content (AvgIpc) is 2.32. The molecule has 0 bridgehead atoms. The topological polar surface area (TPSA) is 55.0 Å². The summed E-state index contributed by atoms with van der Waals surface area (Å²) in [5.74, 6) is 0.656. The largest absolute Gasteiger partial charge is 0.381 e. The van der Waals surface area contributed by atoms with Crippen molar-refractivity contribution in [1.29, 1.82) is 0 Å². The van der Waals surface area contributed by atoms with Crippen molar-refractivity contribution in [1.82, 2.24) is 9.97 Å². The molecule has 1 aromatic heterocycles. The highest BCUT2D eigenvalue weighted by Crippen LogP contribution is 2.18. The predicted molar refractivity (Wildman–Crippen MR) is 65.0 cm³/mol. The van der Waals surface area contributed by atoms with Gasteiger partial charge >= 0.3 is 0 Å². The van der Waals surface area contributed by atoms with Gasteiger partial charge in [-0.15, -0.1) is 0 Å². The summed E-state index contributed by atoms with van der Waals surface area (Å²) in [5.41, 5.74) is 6.30. The van der Waals surface area contributed by atoms with E-state index in [0.29, 0.717) is 23.7 Å². The normalized spacial score (nSPS) is 10.2. The van der Waals surface area contributed by atoms with Crippen molar-refractivity contribution >= 4 is 11.6 Å². The van der Waals surface area contributed by atoms with E-state index in [1.165, 1.54) is 12.3 Å². The van der Waals surface area contributed by atoms with Gasteiger partial charge in [0.05, 0.1) is 0 Å². The number of halogens is 1. The minimum Gasteiger partial charge on any atom is -0.381 e. The third-order valence-corrected chi connectivity index (χ3v) is 2.43. The molecule has 0 saturated heterocycles. The summed E-state index contributed by atoms with van der Waals surface area (Å²) in [5, 5.41) is 0. The molecule has 1 aromatic carbocycles. The maximum Gasteiger partial charge on any atom is 0.171 e. The molecule has 0 spiro atoms. The van der Waals surface area contributed by atoms with E-state index in [2.05, 4.69) is 9.97 Å². The van der Waals surface area contributed by atoms with Crippen LogP contribution in [0.4, 0.5) is 16.0 Å². The second-order valence-electron chi connectivity index (χ2n) is 3.71. The van der Waals surface area contributed by atoms with Gasteiger partial charge in [0.2, 0.25) is 0 Å². The van der Waals surface area contributed by atoms with E-state index in [1.807, 2.05) is 0 Å². The quantitative estimate of drug-likeness (QED) is 0.877. The molecule has 0 aliphatic heterocycles. The lowest BCUT2D eigenvalue weighted by Crippen LogP contribution is -2.20. The molecule has 0 unspecified atom stereocenters. The summed E-state index contributed by atoms with van der Waals surface area (Å²) in [6.07, 6.45) is 3.08. The van der Waals surface area contributed by atoms with Crippen LogP contribution in [-0.4, -0.2) is 17.0 Å². The van der Waals surface area contributed by atoms with Gasteiger partial charge in [0, 0.05) is 31.5 Å². The van der Waals surface area contributed by atoms with Gasteiger partial charge < -0.3 is 10.6 Å². The van der Waals surface area contributed by atoms with Crippen molar-refractivity contribution in [3.05, 3.63) is 48.0 Å². The van der Waals surface area contributed by atoms with E-state index in [9.17, 15) is 4.39 Å². The first-order valence-electron chi connectivity index (χ1n) is 5.19. The van der Waals surface area contributed by atoms with Crippen LogP contribution in [0.15, 0.2) is 36.7 Å². The van der Waals surface area contributed by atoms with Crippen LogP contribution in [0, 0.1) is 5.82 Å². The first-order chi connectivity index (χ1) is 8.18. The molecule has 4 nitrogen and oxygen atoms in total. The average molecular weight is 232 g/mol. The highest BCUT2D eigenvalue weighted by molar-refractivity contribution is 5.56. The lowest BCUT2D eigenvalue weighted by atomic mass is 10.2. The Bertz CT molecular complexity index is 515. The van der Waals surface area contributed by atoms with Crippen molar-refractivity contribution in [3.63, 3.8) is 0 Å². The number of nitrogens with two attached hydrogens (primary N) is 1. The standard InChI is InChI=1S/C12H13FN4/c1-17(12-11(14)15-6-7-16-12)8-9-4-2-3-5-10(9)13/h2-7H,8H2,1H3,(H2,14,15). The third kappa shape index (κ3) is 2.50. The van der Waals surface area contributed by atoms with Gasteiger partial charge in [-0.3, -0.25) is 0 Å². The molecule has 0 radical (unpaired) electrons. The van der Waals surface area contributed by atoms with Gasteiger partial charge in [0.15, 0.2) is 11.6 Å². The summed E-state index contributed by atoms with van der Waals surface area (Å²) in [7, 11) is 1.80. The summed E-state index contributed by atoms with van der Waals surface area (Å²) in [6, 6.07) is 6.63. The lowest BCUT2D eigenvalue weighted by molar-refractivity contribution is 0.607. The summed E-state index contributed by atoms with van der Waals surface area (Å²) >= 11 is 0. The zero-order valence-electron chi connectivity index (χ0n) is 9.47. The van der Waals surface area contributed by atoms with Crippen LogP contribution >= 0.6 is 0 Å². The van der Waals surface area contributed by atoms with Gasteiger partial charge in [-0.1, -0.05) is 18.2 Å². The Morgan fingerprint density at radius 3 is 2.65 bits per heavy atom. The van der Waals surface area contributed by atoms with Crippen molar-refractivity contribution < 1.29 is 4.39 Å². The number of nitrogens with zero attached hydrogens (tertiary/aromatic N) is 3. The lowest BCUT2D eigenvalue weighted by Gasteiger charge is -2.19. The first-order valence-corrected chi connectivity index (χ1v) is 5.19. The van der Waals surface area contributed by atoms with Crippen molar-refractivity contribution in [3.8, 4) is 0 Å². The van der Waals surface area contributed by atoms with Crippen LogP contribution in [0.2, 0.25) is 0 Å². The number of anilines is 2. The van der Waals surface area contributed by atoms with Gasteiger partial charge in [-0.2, -0.15) is 0 Å². The van der Waals surface area contributed by atoms with Crippen LogP contribution in [0.3, 0.4) is 0 Å². The fourth-order valence-electron chi connectivity index (χ4n) is 1.59. The zero-order valence-corrected chi connectivity index (χ0v) is 9.47. The molecule has 0 aliphatic carbocycles. The number of hydrogen-bond acceptors (Lipinski definition) is 4. The predicted octanol–water partition coefficient (Wildman–Crippen LogP) is 1.83. The number of hydrogen-bond donors (Lipinski definition) is 1. The molecule has 17 heavy (non-hydrogen) atoms. The zero-order chi connectivity index (χ0) is 12.3. The molecule has 5 heteroatoms. The molecule has 0 fully saturated rings. The van der Waals surface area contributed by atoms with Gasteiger partial charge in [0.25, 0.3) is 0 Å². The van der Waals surface area contributed by atoms with Crippen molar-refractivity contribution in [2.75, 3.05) is 17.7 Å². The highest BCUT2D eigenvalue weighted by Gasteiger charge is 2.09. The Hall–Kier alpha value is -2.17. The van der Waals surface area contributed by atoms with E-state index in [4.69, 9.17) is 5.73 Å². The molecule has 2 rings (SSSR count). The smallest absolute Gasteiger partial charge is 0.171 e. The van der Waals surface area contributed by atoms with Crippen LogP contribution in [0.5, 0.6) is 0 Å². The van der Waals surface area contributed by atoms with E-state index in [0.717, 1.165) is 0 Å². The summed E-state index contributed by atoms with van der Waals surface area (Å²) in [4.78, 5) is 9.83. The fraction of sp³-hybridized carbons (Fsp3) is 0.167. The second-order valence-corrected chi connectivity index (χ2v) is 3.71. The van der Waals surface area contributed by atoms with Gasteiger partial charge in [-0.25, -0.2) is 14.4 Å². The van der Waals surface area contributed by atoms with Crippen LogP contribution in [-0.2, 0) is 6.54 Å². The second kappa shape index (κ2) is 4.78. The Labute approximate surface area is 98.9 Å². The van der Waals surface area contributed by atoms with E-state index < -0.39 is 0 Å². The number of aromatic nitrogens is 2. The van der Waals surface area contributed by atoms with Crippen molar-refractivity contribution in [2.24, 2.45) is 0 Å². The molecular formula is C12H13FN4. The number of nitrogen functional groups attached to an aromatic ring is 1. The Balaban J connectivity index is 2.20. The Kier molecular flexibility index (Phi) is 3.18. The molecular weight excluding hydrogens is 219 g/mol. The van der Waals surface area contributed by atoms with E-state index in [1.54, 1.807) is 36.3 Å². The van der Waals surface area contributed by atoms with Gasteiger partial charge in [-0.05, 0) is 6.07 Å². The molecule has 0 amide bonds. The monoisotopic (exact) mass is 232 g/mol. The maximum atomic E-state index is 13.5.